The molecule has 0 spiro atoms. The molecule has 0 radical (unpaired) electrons. The molecule has 98 valence electrons. The normalized spacial score (nSPS) is 10.4. The Morgan fingerprint density at radius 1 is 1.42 bits per heavy atom. The van der Waals surface area contributed by atoms with Gasteiger partial charge in [-0.3, -0.25) is 10.1 Å². The van der Waals surface area contributed by atoms with Gasteiger partial charge >= 0.3 is 5.69 Å². The fourth-order valence-electron chi connectivity index (χ4n) is 1.58. The van der Waals surface area contributed by atoms with E-state index in [0.717, 1.165) is 5.56 Å². The van der Waals surface area contributed by atoms with Gasteiger partial charge in [-0.05, 0) is 34.0 Å². The van der Waals surface area contributed by atoms with Gasteiger partial charge in [-0.25, -0.2) is 4.98 Å². The molecule has 0 bridgehead atoms. The summed E-state index contributed by atoms with van der Waals surface area (Å²) in [6.07, 6.45) is 1.58. The molecule has 0 aliphatic rings. The zero-order valence-electron chi connectivity index (χ0n) is 10.2. The van der Waals surface area contributed by atoms with Gasteiger partial charge in [0.05, 0.1) is 4.92 Å². The zero-order chi connectivity index (χ0) is 13.8. The Kier molecular flexibility index (Phi) is 4.55. The fourth-order valence-corrected chi connectivity index (χ4v) is 2.92. The van der Waals surface area contributed by atoms with E-state index in [1.165, 1.54) is 23.4 Å². The molecule has 0 amide bonds. The van der Waals surface area contributed by atoms with Crippen LogP contribution >= 0.6 is 27.7 Å². The first-order valence-electron chi connectivity index (χ1n) is 5.55. The maximum absolute atomic E-state index is 11.0. The monoisotopic (exact) mass is 338 g/mol. The first-order chi connectivity index (χ1) is 9.08. The van der Waals surface area contributed by atoms with Crippen LogP contribution in [0.15, 0.2) is 46.0 Å². The first-order valence-corrected chi connectivity index (χ1v) is 7.33. The molecule has 4 nitrogen and oxygen atoms in total. The molecule has 0 saturated carbocycles. The minimum Gasteiger partial charge on any atom is -0.258 e. The largest absolute Gasteiger partial charge is 0.302 e. The lowest BCUT2D eigenvalue weighted by atomic mass is 10.1. The number of rotatable bonds is 4. The van der Waals surface area contributed by atoms with Crippen molar-refractivity contribution < 1.29 is 4.92 Å². The number of nitrogens with zero attached hydrogens (tertiary/aromatic N) is 2. The molecule has 0 N–H and O–H groups in total. The molecular weight excluding hydrogens is 328 g/mol. The molecule has 0 aliphatic heterocycles. The molecule has 2 aromatic rings. The van der Waals surface area contributed by atoms with E-state index in [1.807, 2.05) is 31.2 Å². The van der Waals surface area contributed by atoms with E-state index in [2.05, 4.69) is 20.9 Å². The lowest BCUT2D eigenvalue weighted by Crippen LogP contribution is -1.94. The van der Waals surface area contributed by atoms with Crippen molar-refractivity contribution in [2.24, 2.45) is 0 Å². The third-order valence-electron chi connectivity index (χ3n) is 2.62. The van der Waals surface area contributed by atoms with Crippen LogP contribution in [-0.4, -0.2) is 9.91 Å². The van der Waals surface area contributed by atoms with Crippen molar-refractivity contribution in [3.63, 3.8) is 0 Å². The van der Waals surface area contributed by atoms with Gasteiger partial charge in [0.15, 0.2) is 5.03 Å². The van der Waals surface area contributed by atoms with E-state index in [4.69, 9.17) is 0 Å². The van der Waals surface area contributed by atoms with Crippen molar-refractivity contribution in [1.29, 1.82) is 0 Å². The predicted molar refractivity (Wildman–Crippen MR) is 79.3 cm³/mol. The van der Waals surface area contributed by atoms with E-state index in [1.54, 1.807) is 6.20 Å². The standard InChI is InChI=1S/C13H11BrN2O2S/c1-9-4-2-3-5-10(9)8-19-13-12(16(17)18)6-11(14)7-15-13/h2-7H,8H2,1H3. The fraction of sp³-hybridized carbons (Fsp3) is 0.154. The van der Waals surface area contributed by atoms with Crippen molar-refractivity contribution in [3.8, 4) is 0 Å². The quantitative estimate of drug-likeness (QED) is 0.472. The number of aryl methyl sites for hydroxylation is 1. The average molecular weight is 339 g/mol. The minimum absolute atomic E-state index is 0.0351. The number of pyridine rings is 1. The number of hydrogen-bond donors (Lipinski definition) is 0. The second-order valence-electron chi connectivity index (χ2n) is 3.95. The Bertz CT molecular complexity index is 619. The van der Waals surface area contributed by atoms with Crippen molar-refractivity contribution in [3.05, 3.63) is 62.2 Å². The first kappa shape index (κ1) is 14.0. The molecule has 0 saturated heterocycles. The Labute approximate surface area is 123 Å². The summed E-state index contributed by atoms with van der Waals surface area (Å²) in [5.74, 6) is 0.669. The smallest absolute Gasteiger partial charge is 0.258 e. The van der Waals surface area contributed by atoms with Gasteiger partial charge in [0, 0.05) is 22.5 Å². The summed E-state index contributed by atoms with van der Waals surface area (Å²) in [5.41, 5.74) is 2.37. The molecule has 1 heterocycles. The molecule has 0 aliphatic carbocycles. The second kappa shape index (κ2) is 6.16. The average Bonchev–Trinajstić information content (AvgIpc) is 2.38. The summed E-state index contributed by atoms with van der Waals surface area (Å²) in [6, 6.07) is 9.47. The predicted octanol–water partition coefficient (Wildman–Crippen LogP) is 4.35. The molecule has 1 aromatic carbocycles. The second-order valence-corrected chi connectivity index (χ2v) is 5.83. The summed E-state index contributed by atoms with van der Waals surface area (Å²) < 4.78 is 0.611. The molecule has 1 aromatic heterocycles. The van der Waals surface area contributed by atoms with Crippen molar-refractivity contribution in [2.75, 3.05) is 0 Å². The van der Waals surface area contributed by atoms with Gasteiger partial charge in [-0.2, -0.15) is 0 Å². The lowest BCUT2D eigenvalue weighted by Gasteiger charge is -2.05. The third-order valence-corrected chi connectivity index (χ3v) is 4.10. The van der Waals surface area contributed by atoms with Gasteiger partial charge in [-0.1, -0.05) is 36.0 Å². The lowest BCUT2D eigenvalue weighted by molar-refractivity contribution is -0.388. The van der Waals surface area contributed by atoms with Crippen LogP contribution < -0.4 is 0 Å². The maximum Gasteiger partial charge on any atom is 0.302 e. The molecule has 2 rings (SSSR count). The topological polar surface area (TPSA) is 56.0 Å². The van der Waals surface area contributed by atoms with Crippen LogP contribution in [0.3, 0.4) is 0 Å². The molecular formula is C13H11BrN2O2S. The molecule has 0 unspecified atom stereocenters. The summed E-state index contributed by atoms with van der Waals surface area (Å²) in [5, 5.41) is 11.4. The number of hydrogen-bond acceptors (Lipinski definition) is 4. The van der Waals surface area contributed by atoms with Gasteiger partial charge in [-0.15, -0.1) is 0 Å². The zero-order valence-corrected chi connectivity index (χ0v) is 12.6. The maximum atomic E-state index is 11.0. The van der Waals surface area contributed by atoms with Crippen molar-refractivity contribution >= 4 is 33.4 Å². The Morgan fingerprint density at radius 2 is 2.16 bits per heavy atom. The van der Waals surface area contributed by atoms with Crippen LogP contribution in [0.25, 0.3) is 0 Å². The van der Waals surface area contributed by atoms with Crippen molar-refractivity contribution in [1.82, 2.24) is 4.98 Å². The summed E-state index contributed by atoms with van der Waals surface area (Å²) in [4.78, 5) is 14.7. The molecule has 0 atom stereocenters. The number of benzene rings is 1. The number of thioether (sulfide) groups is 1. The highest BCUT2D eigenvalue weighted by molar-refractivity contribution is 9.10. The summed E-state index contributed by atoms with van der Waals surface area (Å²) in [6.45, 7) is 2.03. The van der Waals surface area contributed by atoms with Crippen LogP contribution in [0.2, 0.25) is 0 Å². The highest BCUT2D eigenvalue weighted by atomic mass is 79.9. The molecule has 19 heavy (non-hydrogen) atoms. The van der Waals surface area contributed by atoms with Crippen LogP contribution in [-0.2, 0) is 5.75 Å². The Morgan fingerprint density at radius 3 is 2.84 bits per heavy atom. The number of halogens is 1. The summed E-state index contributed by atoms with van der Waals surface area (Å²) in [7, 11) is 0. The van der Waals surface area contributed by atoms with E-state index < -0.39 is 4.92 Å². The van der Waals surface area contributed by atoms with E-state index in [-0.39, 0.29) is 5.69 Å². The van der Waals surface area contributed by atoms with Gasteiger partial charge in [0.2, 0.25) is 0 Å². The van der Waals surface area contributed by atoms with Crippen LogP contribution in [0.1, 0.15) is 11.1 Å². The van der Waals surface area contributed by atoms with E-state index in [9.17, 15) is 10.1 Å². The SMILES string of the molecule is Cc1ccccc1CSc1ncc(Br)cc1[N+](=O)[O-]. The number of aromatic nitrogens is 1. The Balaban J connectivity index is 2.20. The van der Waals surface area contributed by atoms with Gasteiger partial charge in [0.25, 0.3) is 0 Å². The highest BCUT2D eigenvalue weighted by Crippen LogP contribution is 2.31. The van der Waals surface area contributed by atoms with E-state index in [0.29, 0.717) is 15.3 Å². The minimum atomic E-state index is -0.405. The highest BCUT2D eigenvalue weighted by Gasteiger charge is 2.16. The van der Waals surface area contributed by atoms with Crippen LogP contribution in [0.5, 0.6) is 0 Å². The van der Waals surface area contributed by atoms with E-state index >= 15 is 0 Å². The Hall–Kier alpha value is -1.40. The van der Waals surface area contributed by atoms with Gasteiger partial charge in [0.1, 0.15) is 0 Å². The van der Waals surface area contributed by atoms with Crippen molar-refractivity contribution in [2.45, 2.75) is 17.7 Å². The summed E-state index contributed by atoms with van der Waals surface area (Å²) >= 11 is 4.57. The molecule has 6 heteroatoms. The van der Waals surface area contributed by atoms with Crippen LogP contribution in [0.4, 0.5) is 5.69 Å². The number of nitro groups is 1. The third kappa shape index (κ3) is 3.54. The van der Waals surface area contributed by atoms with Crippen LogP contribution in [0, 0.1) is 17.0 Å². The molecule has 0 fully saturated rings. The van der Waals surface area contributed by atoms with Gasteiger partial charge < -0.3 is 0 Å².